The number of nitrogens with one attached hydrogen (secondary N) is 2. The number of rotatable bonds is 5. The fourth-order valence-electron chi connectivity index (χ4n) is 4.39. The second-order valence-corrected chi connectivity index (χ2v) is 8.31. The molecule has 1 atom stereocenters. The van der Waals surface area contributed by atoms with Gasteiger partial charge in [-0.15, -0.1) is 0 Å². The van der Waals surface area contributed by atoms with Crippen molar-refractivity contribution in [2.75, 3.05) is 31.6 Å². The van der Waals surface area contributed by atoms with E-state index in [9.17, 15) is 9.59 Å². The summed E-state index contributed by atoms with van der Waals surface area (Å²) in [5, 5.41) is 5.44. The summed E-state index contributed by atoms with van der Waals surface area (Å²) in [5.41, 5.74) is 4.10. The Morgan fingerprint density at radius 1 is 0.971 bits per heavy atom. The second kappa shape index (κ2) is 9.93. The van der Waals surface area contributed by atoms with E-state index in [0.717, 1.165) is 25.1 Å². The molecule has 3 heterocycles. The van der Waals surface area contributed by atoms with E-state index >= 15 is 0 Å². The number of benzene rings is 2. The Kier molecular flexibility index (Phi) is 6.40. The topological polar surface area (TPSA) is 92.8 Å². The van der Waals surface area contributed by atoms with Crippen molar-refractivity contribution in [1.29, 1.82) is 0 Å². The third-order valence-electron chi connectivity index (χ3n) is 6.13. The monoisotopic (exact) mass is 458 g/mol. The number of anilines is 1. The van der Waals surface area contributed by atoms with Crippen LogP contribution in [0.15, 0.2) is 67.0 Å². The van der Waals surface area contributed by atoms with Crippen LogP contribution in [0.5, 0.6) is 11.5 Å². The summed E-state index contributed by atoms with van der Waals surface area (Å²) in [5.74, 6) is -0.255. The number of hydrogen-bond donors (Lipinski definition) is 2. The molecular formula is C26H26N4O4. The molecule has 0 spiro atoms. The van der Waals surface area contributed by atoms with Crippen molar-refractivity contribution in [3.8, 4) is 11.5 Å². The second-order valence-electron chi connectivity index (χ2n) is 8.31. The lowest BCUT2D eigenvalue weighted by Crippen LogP contribution is -2.43. The molecule has 0 unspecified atom stereocenters. The highest BCUT2D eigenvalue weighted by Crippen LogP contribution is 2.32. The lowest BCUT2D eigenvalue weighted by molar-refractivity contribution is -0.136. The summed E-state index contributed by atoms with van der Waals surface area (Å²) >= 11 is 0. The van der Waals surface area contributed by atoms with Gasteiger partial charge in [0.1, 0.15) is 13.2 Å². The van der Waals surface area contributed by atoms with Crippen molar-refractivity contribution in [2.45, 2.75) is 19.0 Å². The largest absolute Gasteiger partial charge is 0.486 e. The van der Waals surface area contributed by atoms with Crippen LogP contribution in [0.4, 0.5) is 5.69 Å². The zero-order valence-corrected chi connectivity index (χ0v) is 18.7. The van der Waals surface area contributed by atoms with Crippen LogP contribution in [0.25, 0.3) is 0 Å². The summed E-state index contributed by atoms with van der Waals surface area (Å²) < 4.78 is 11.0. The average molecular weight is 459 g/mol. The number of ether oxygens (including phenoxy) is 2. The van der Waals surface area contributed by atoms with E-state index in [4.69, 9.17) is 9.47 Å². The molecule has 8 heteroatoms. The maximum absolute atomic E-state index is 12.6. The van der Waals surface area contributed by atoms with Gasteiger partial charge in [-0.3, -0.25) is 19.5 Å². The van der Waals surface area contributed by atoms with E-state index in [1.807, 2.05) is 24.4 Å². The molecule has 2 amide bonds. The average Bonchev–Trinajstić information content (AvgIpc) is 2.89. The Bertz CT molecular complexity index is 1180. The number of fused-ring (bicyclic) bond motifs is 2. The summed E-state index contributed by atoms with van der Waals surface area (Å²) in [6.45, 7) is 2.86. The van der Waals surface area contributed by atoms with Crippen molar-refractivity contribution in [2.24, 2.45) is 0 Å². The third-order valence-corrected chi connectivity index (χ3v) is 6.13. The minimum atomic E-state index is -0.731. The van der Waals surface area contributed by atoms with Crippen LogP contribution in [0.1, 0.15) is 22.7 Å². The molecule has 2 aromatic carbocycles. The molecule has 2 aliphatic heterocycles. The molecule has 3 aromatic rings. The first-order chi connectivity index (χ1) is 16.7. The quantitative estimate of drug-likeness (QED) is 0.571. The molecule has 174 valence electrons. The molecule has 2 N–H and O–H groups in total. The Morgan fingerprint density at radius 3 is 2.62 bits per heavy atom. The number of pyridine rings is 1. The number of carbonyl (C=O) groups is 2. The van der Waals surface area contributed by atoms with E-state index in [0.29, 0.717) is 36.9 Å². The lowest BCUT2D eigenvalue weighted by Gasteiger charge is -2.35. The van der Waals surface area contributed by atoms with Crippen molar-refractivity contribution < 1.29 is 19.1 Å². The first-order valence-corrected chi connectivity index (χ1v) is 11.4. The van der Waals surface area contributed by atoms with Gasteiger partial charge >= 0.3 is 11.8 Å². The molecule has 8 nitrogen and oxygen atoms in total. The summed E-state index contributed by atoms with van der Waals surface area (Å²) in [6.07, 6.45) is 4.48. The molecule has 0 aliphatic carbocycles. The maximum Gasteiger partial charge on any atom is 0.313 e. The van der Waals surface area contributed by atoms with Crippen LogP contribution < -0.4 is 20.1 Å². The maximum atomic E-state index is 12.6. The fourth-order valence-corrected chi connectivity index (χ4v) is 4.39. The molecule has 0 bridgehead atoms. The van der Waals surface area contributed by atoms with Crippen LogP contribution in [-0.4, -0.2) is 48.0 Å². The molecule has 2 aliphatic rings. The van der Waals surface area contributed by atoms with E-state index in [1.54, 1.807) is 24.4 Å². The van der Waals surface area contributed by atoms with Gasteiger partial charge in [-0.1, -0.05) is 30.3 Å². The minimum absolute atomic E-state index is 0.104. The van der Waals surface area contributed by atoms with Crippen molar-refractivity contribution in [3.05, 3.63) is 83.7 Å². The zero-order valence-electron chi connectivity index (χ0n) is 18.7. The molecule has 0 saturated heterocycles. The van der Waals surface area contributed by atoms with E-state index < -0.39 is 11.8 Å². The smallest absolute Gasteiger partial charge is 0.313 e. The van der Waals surface area contributed by atoms with Gasteiger partial charge in [0.05, 0.1) is 6.04 Å². The Balaban J connectivity index is 1.25. The molecule has 1 aromatic heterocycles. The van der Waals surface area contributed by atoms with Crippen LogP contribution in [0.3, 0.4) is 0 Å². The van der Waals surface area contributed by atoms with E-state index in [-0.39, 0.29) is 6.04 Å². The van der Waals surface area contributed by atoms with Crippen LogP contribution in [-0.2, 0) is 22.6 Å². The van der Waals surface area contributed by atoms with Gasteiger partial charge in [0, 0.05) is 43.8 Å². The molecule has 5 rings (SSSR count). The number of aromatic nitrogens is 1. The van der Waals surface area contributed by atoms with Crippen molar-refractivity contribution >= 4 is 17.5 Å². The van der Waals surface area contributed by atoms with Gasteiger partial charge < -0.3 is 20.1 Å². The Labute approximate surface area is 197 Å². The minimum Gasteiger partial charge on any atom is -0.486 e. The Hall–Kier alpha value is -3.91. The standard InChI is InChI=1S/C26H26N4O4/c31-25(26(32)29-21-7-8-23-24(14-21)34-13-12-33-23)28-16-22(19-6-3-10-27-15-19)30-11-9-18-4-1-2-5-20(18)17-30/h1-8,10,14-15,22H,9,11-13,16-17H2,(H,28,31)(H,29,32)/t22-/m1/s1. The normalized spacial score (nSPS) is 15.6. The highest BCUT2D eigenvalue weighted by Gasteiger charge is 2.26. The van der Waals surface area contributed by atoms with Gasteiger partial charge in [0.2, 0.25) is 0 Å². The number of hydrogen-bond acceptors (Lipinski definition) is 6. The van der Waals surface area contributed by atoms with Gasteiger partial charge in [-0.2, -0.15) is 0 Å². The predicted octanol–water partition coefficient (Wildman–Crippen LogP) is 2.71. The van der Waals surface area contributed by atoms with E-state index in [1.165, 1.54) is 11.1 Å². The zero-order chi connectivity index (χ0) is 23.3. The molecule has 34 heavy (non-hydrogen) atoms. The first kappa shape index (κ1) is 21.9. The highest BCUT2D eigenvalue weighted by atomic mass is 16.6. The molecule has 0 saturated carbocycles. The van der Waals surface area contributed by atoms with Gasteiger partial charge in [-0.05, 0) is 41.3 Å². The molecule has 0 fully saturated rings. The lowest BCUT2D eigenvalue weighted by atomic mass is 9.97. The summed E-state index contributed by atoms with van der Waals surface area (Å²) in [6, 6.07) is 17.2. The molecular weight excluding hydrogens is 432 g/mol. The number of nitrogens with zero attached hydrogens (tertiary/aromatic N) is 2. The first-order valence-electron chi connectivity index (χ1n) is 11.4. The van der Waals surface area contributed by atoms with Crippen molar-refractivity contribution in [1.82, 2.24) is 15.2 Å². The summed E-state index contributed by atoms with van der Waals surface area (Å²) in [7, 11) is 0. The van der Waals surface area contributed by atoms with Crippen LogP contribution >= 0.6 is 0 Å². The fraction of sp³-hybridized carbons (Fsp3) is 0.269. The van der Waals surface area contributed by atoms with Crippen molar-refractivity contribution in [3.63, 3.8) is 0 Å². The highest BCUT2D eigenvalue weighted by molar-refractivity contribution is 6.39. The van der Waals surface area contributed by atoms with E-state index in [2.05, 4.69) is 38.7 Å². The summed E-state index contributed by atoms with van der Waals surface area (Å²) in [4.78, 5) is 31.8. The van der Waals surface area contributed by atoms with Gasteiger partial charge in [-0.25, -0.2) is 0 Å². The number of carbonyl (C=O) groups excluding carboxylic acids is 2. The number of amides is 2. The SMILES string of the molecule is O=C(NC[C@H](c1cccnc1)N1CCc2ccccc2C1)C(=O)Nc1ccc2c(c1)OCCO2. The van der Waals surface area contributed by atoms with Crippen LogP contribution in [0.2, 0.25) is 0 Å². The molecule has 0 radical (unpaired) electrons. The van der Waals surface area contributed by atoms with Gasteiger partial charge in [0.15, 0.2) is 11.5 Å². The predicted molar refractivity (Wildman–Crippen MR) is 127 cm³/mol. The Morgan fingerprint density at radius 2 is 1.79 bits per heavy atom. The van der Waals surface area contributed by atoms with Gasteiger partial charge in [0.25, 0.3) is 0 Å². The van der Waals surface area contributed by atoms with Crippen LogP contribution in [0, 0.1) is 0 Å². The third kappa shape index (κ3) is 4.87.